The minimum Gasteiger partial charge on any atom is -0.291 e. The van der Waals surface area contributed by atoms with E-state index in [1.165, 1.54) is 49.4 Å². The number of benzene rings is 4. The first kappa shape index (κ1) is 16.7. The standard InChI is InChI=1S/C29H19N3/c1-29(2)21-11-4-3-8-16(21)19-14-20-17-9-7-10-18-26-28(31-24-13-6-5-12-23(24)30-26)32(27(17)18)25(20)15-22(19)29/h3-15H,1-2H3. The van der Waals surface area contributed by atoms with Gasteiger partial charge in [0.1, 0.15) is 5.52 Å². The van der Waals surface area contributed by atoms with E-state index in [1.807, 2.05) is 24.3 Å². The van der Waals surface area contributed by atoms with Gasteiger partial charge in [-0.25, -0.2) is 9.97 Å². The van der Waals surface area contributed by atoms with Crippen molar-refractivity contribution in [3.8, 4) is 11.1 Å². The van der Waals surface area contributed by atoms with E-state index in [1.54, 1.807) is 0 Å². The van der Waals surface area contributed by atoms with Crippen LogP contribution in [0.15, 0.2) is 78.9 Å². The molecule has 0 amide bonds. The molecule has 4 aromatic carbocycles. The van der Waals surface area contributed by atoms with Crippen molar-refractivity contribution in [1.29, 1.82) is 0 Å². The van der Waals surface area contributed by atoms with Gasteiger partial charge in [-0.05, 0) is 46.5 Å². The summed E-state index contributed by atoms with van der Waals surface area (Å²) in [5.74, 6) is 0. The number of nitrogens with zero attached hydrogens (tertiary/aromatic N) is 3. The molecule has 3 heteroatoms. The Labute approximate surface area is 184 Å². The summed E-state index contributed by atoms with van der Waals surface area (Å²) >= 11 is 0. The van der Waals surface area contributed by atoms with Gasteiger partial charge in [-0.1, -0.05) is 68.4 Å². The summed E-state index contributed by atoms with van der Waals surface area (Å²) in [6, 6.07) is 28.4. The molecule has 0 fully saturated rings. The van der Waals surface area contributed by atoms with Gasteiger partial charge < -0.3 is 0 Å². The first-order valence-electron chi connectivity index (χ1n) is 11.1. The van der Waals surface area contributed by atoms with E-state index < -0.39 is 0 Å². The van der Waals surface area contributed by atoms with Crippen LogP contribution in [0.2, 0.25) is 0 Å². The van der Waals surface area contributed by atoms with E-state index in [-0.39, 0.29) is 5.41 Å². The lowest BCUT2D eigenvalue weighted by Crippen LogP contribution is -2.14. The van der Waals surface area contributed by atoms with Gasteiger partial charge in [0.15, 0.2) is 5.65 Å². The van der Waals surface area contributed by atoms with Crippen molar-refractivity contribution >= 4 is 49.4 Å². The average Bonchev–Trinajstić information content (AvgIpc) is 3.40. The van der Waals surface area contributed by atoms with E-state index in [0.717, 1.165) is 22.2 Å². The number of aromatic nitrogens is 3. The van der Waals surface area contributed by atoms with Crippen LogP contribution in [0.25, 0.3) is 60.5 Å². The van der Waals surface area contributed by atoms with Gasteiger partial charge >= 0.3 is 0 Å². The second-order valence-corrected chi connectivity index (χ2v) is 9.51. The Bertz CT molecular complexity index is 1910. The SMILES string of the molecule is CC1(C)c2ccccc2-c2cc3c4cccc5c6nc7ccccc7nc6n(c3cc21)c45. The van der Waals surface area contributed by atoms with Crippen LogP contribution < -0.4 is 0 Å². The normalized spacial score (nSPS) is 14.8. The fourth-order valence-corrected chi connectivity index (χ4v) is 6.00. The quantitative estimate of drug-likeness (QED) is 0.268. The molecular weight excluding hydrogens is 390 g/mol. The van der Waals surface area contributed by atoms with Crippen molar-refractivity contribution < 1.29 is 0 Å². The highest BCUT2D eigenvalue weighted by molar-refractivity contribution is 6.23. The molecule has 150 valence electrons. The molecule has 3 heterocycles. The Morgan fingerprint density at radius 2 is 1.41 bits per heavy atom. The summed E-state index contributed by atoms with van der Waals surface area (Å²) in [5.41, 5.74) is 11.7. The van der Waals surface area contributed by atoms with Gasteiger partial charge in [0, 0.05) is 21.6 Å². The van der Waals surface area contributed by atoms with Crippen LogP contribution in [-0.2, 0) is 5.41 Å². The summed E-state index contributed by atoms with van der Waals surface area (Å²) in [6.45, 7) is 4.67. The highest BCUT2D eigenvalue weighted by atomic mass is 15.0. The van der Waals surface area contributed by atoms with Crippen LogP contribution in [0.3, 0.4) is 0 Å². The van der Waals surface area contributed by atoms with E-state index in [4.69, 9.17) is 9.97 Å². The summed E-state index contributed by atoms with van der Waals surface area (Å²) in [6.07, 6.45) is 0. The molecule has 0 radical (unpaired) electrons. The van der Waals surface area contributed by atoms with Gasteiger partial charge in [0.05, 0.1) is 22.1 Å². The van der Waals surface area contributed by atoms with Gasteiger partial charge in [-0.2, -0.15) is 0 Å². The van der Waals surface area contributed by atoms with Gasteiger partial charge in [0.25, 0.3) is 0 Å². The van der Waals surface area contributed by atoms with Crippen LogP contribution in [0.4, 0.5) is 0 Å². The minimum absolute atomic E-state index is 0.0316. The lowest BCUT2D eigenvalue weighted by molar-refractivity contribution is 0.661. The van der Waals surface area contributed by atoms with Crippen LogP contribution in [0.5, 0.6) is 0 Å². The molecule has 3 nitrogen and oxygen atoms in total. The van der Waals surface area contributed by atoms with Gasteiger partial charge in [-0.3, -0.25) is 4.40 Å². The fraction of sp³-hybridized carbons (Fsp3) is 0.103. The van der Waals surface area contributed by atoms with Crippen LogP contribution in [-0.4, -0.2) is 14.4 Å². The molecule has 0 unspecified atom stereocenters. The zero-order valence-corrected chi connectivity index (χ0v) is 17.8. The molecule has 0 saturated carbocycles. The summed E-state index contributed by atoms with van der Waals surface area (Å²) in [4.78, 5) is 10.1. The monoisotopic (exact) mass is 409 g/mol. The van der Waals surface area contributed by atoms with Crippen molar-refractivity contribution in [1.82, 2.24) is 14.4 Å². The molecule has 3 aromatic heterocycles. The van der Waals surface area contributed by atoms with E-state index >= 15 is 0 Å². The fourth-order valence-electron chi connectivity index (χ4n) is 6.00. The summed E-state index contributed by atoms with van der Waals surface area (Å²) in [7, 11) is 0. The lowest BCUT2D eigenvalue weighted by atomic mass is 9.82. The predicted octanol–water partition coefficient (Wildman–Crippen LogP) is 7.09. The second kappa shape index (κ2) is 5.25. The molecule has 32 heavy (non-hydrogen) atoms. The third-order valence-electron chi connectivity index (χ3n) is 7.51. The number of para-hydroxylation sites is 3. The molecule has 0 N–H and O–H groups in total. The third kappa shape index (κ3) is 1.77. The average molecular weight is 409 g/mol. The number of hydrogen-bond acceptors (Lipinski definition) is 2. The first-order valence-corrected chi connectivity index (χ1v) is 11.1. The van der Waals surface area contributed by atoms with E-state index in [2.05, 4.69) is 72.8 Å². The number of fused-ring (bicyclic) bond motifs is 10. The van der Waals surface area contributed by atoms with Crippen molar-refractivity contribution in [2.75, 3.05) is 0 Å². The molecule has 7 aromatic rings. The molecule has 0 saturated heterocycles. The van der Waals surface area contributed by atoms with Gasteiger partial charge in [-0.15, -0.1) is 0 Å². The summed E-state index contributed by atoms with van der Waals surface area (Å²) in [5, 5.41) is 3.73. The van der Waals surface area contributed by atoms with E-state index in [0.29, 0.717) is 0 Å². The number of hydrogen-bond donors (Lipinski definition) is 0. The molecule has 1 aliphatic carbocycles. The first-order chi connectivity index (χ1) is 15.6. The van der Waals surface area contributed by atoms with Gasteiger partial charge in [0.2, 0.25) is 0 Å². The Hall–Kier alpha value is -3.98. The van der Waals surface area contributed by atoms with Crippen LogP contribution in [0.1, 0.15) is 25.0 Å². The van der Waals surface area contributed by atoms with Crippen molar-refractivity contribution in [2.45, 2.75) is 19.3 Å². The Kier molecular flexibility index (Phi) is 2.74. The third-order valence-corrected chi connectivity index (χ3v) is 7.51. The lowest BCUT2D eigenvalue weighted by Gasteiger charge is -2.21. The van der Waals surface area contributed by atoms with Crippen LogP contribution >= 0.6 is 0 Å². The molecule has 0 bridgehead atoms. The maximum Gasteiger partial charge on any atom is 0.165 e. The topological polar surface area (TPSA) is 30.2 Å². The highest BCUT2D eigenvalue weighted by Gasteiger charge is 2.36. The molecule has 0 spiro atoms. The maximum absolute atomic E-state index is 5.09. The molecule has 1 aliphatic rings. The van der Waals surface area contributed by atoms with Crippen LogP contribution in [0, 0.1) is 0 Å². The predicted molar refractivity (Wildman–Crippen MR) is 132 cm³/mol. The minimum atomic E-state index is -0.0316. The molecule has 0 aliphatic heterocycles. The Morgan fingerprint density at radius 1 is 0.656 bits per heavy atom. The van der Waals surface area contributed by atoms with Crippen molar-refractivity contribution in [3.63, 3.8) is 0 Å². The maximum atomic E-state index is 5.09. The smallest absolute Gasteiger partial charge is 0.165 e. The van der Waals surface area contributed by atoms with Crippen molar-refractivity contribution in [2.24, 2.45) is 0 Å². The zero-order chi connectivity index (χ0) is 21.2. The molecular formula is C29H19N3. The molecule has 8 rings (SSSR count). The largest absolute Gasteiger partial charge is 0.291 e. The number of rotatable bonds is 0. The Morgan fingerprint density at radius 3 is 2.28 bits per heavy atom. The molecule has 0 atom stereocenters. The van der Waals surface area contributed by atoms with Crippen molar-refractivity contribution in [3.05, 3.63) is 90.0 Å². The summed E-state index contributed by atoms with van der Waals surface area (Å²) < 4.78 is 2.34. The Balaban J connectivity index is 1.62. The second-order valence-electron chi connectivity index (χ2n) is 9.51. The van der Waals surface area contributed by atoms with E-state index in [9.17, 15) is 0 Å². The highest BCUT2D eigenvalue weighted by Crippen LogP contribution is 2.51. The zero-order valence-electron chi connectivity index (χ0n) is 17.8.